The summed E-state index contributed by atoms with van der Waals surface area (Å²) in [6.45, 7) is 2.29. The van der Waals surface area contributed by atoms with Gasteiger partial charge >= 0.3 is 0 Å². The minimum atomic E-state index is -0.658. The van der Waals surface area contributed by atoms with Gasteiger partial charge in [0.1, 0.15) is 12.1 Å². The largest absolute Gasteiger partial charge is 0.324 e. The van der Waals surface area contributed by atoms with Gasteiger partial charge in [0.2, 0.25) is 11.8 Å². The molecule has 1 aromatic heterocycles. The standard InChI is InChI=1S/C33H31N5O4/c1-23(39)37-20-2-4-29(37)32(41)35-27-12-8-24(9-13-27)6-7-25-10-14-28(15-11-25)36-33(42)30-5-3-21-38(30)31(40)22-26-16-18-34-19-17-26/h2-19,29-30H,20-22H2,1H3,(H,35,41)(H,36,42)/b7-6+/t29-,30-/m0/s1. The van der Waals surface area contributed by atoms with Crippen LogP contribution < -0.4 is 10.6 Å². The van der Waals surface area contributed by atoms with Crippen molar-refractivity contribution in [3.63, 3.8) is 0 Å². The average molecular weight is 562 g/mol. The maximum Gasteiger partial charge on any atom is 0.251 e. The summed E-state index contributed by atoms with van der Waals surface area (Å²) in [5.74, 6) is -0.770. The van der Waals surface area contributed by atoms with E-state index in [4.69, 9.17) is 0 Å². The van der Waals surface area contributed by atoms with E-state index >= 15 is 0 Å². The van der Waals surface area contributed by atoms with Crippen LogP contribution in [0.15, 0.2) is 97.4 Å². The van der Waals surface area contributed by atoms with Crippen molar-refractivity contribution in [2.75, 3.05) is 23.7 Å². The fourth-order valence-corrected chi connectivity index (χ4v) is 4.84. The van der Waals surface area contributed by atoms with Crippen LogP contribution in [0.25, 0.3) is 12.2 Å². The number of carbonyl (C=O) groups is 4. The van der Waals surface area contributed by atoms with Gasteiger partial charge in [0.25, 0.3) is 11.8 Å². The van der Waals surface area contributed by atoms with Crippen molar-refractivity contribution in [1.82, 2.24) is 14.8 Å². The van der Waals surface area contributed by atoms with Crippen molar-refractivity contribution in [3.05, 3.63) is 114 Å². The number of anilines is 2. The number of nitrogens with zero attached hydrogens (tertiary/aromatic N) is 3. The number of pyridine rings is 1. The number of amides is 4. The summed E-state index contributed by atoms with van der Waals surface area (Å²) in [6, 6.07) is 17.2. The zero-order valence-electron chi connectivity index (χ0n) is 23.1. The van der Waals surface area contributed by atoms with E-state index in [-0.39, 0.29) is 30.0 Å². The van der Waals surface area contributed by atoms with Crippen molar-refractivity contribution >= 4 is 47.2 Å². The fraction of sp³-hybridized carbons (Fsp3) is 0.182. The highest BCUT2D eigenvalue weighted by Crippen LogP contribution is 2.19. The van der Waals surface area contributed by atoms with E-state index in [1.54, 1.807) is 41.6 Å². The molecule has 0 bridgehead atoms. The van der Waals surface area contributed by atoms with Gasteiger partial charge in [-0.25, -0.2) is 0 Å². The molecule has 9 heteroatoms. The Balaban J connectivity index is 1.13. The first kappa shape index (κ1) is 28.2. The molecular weight excluding hydrogens is 530 g/mol. The predicted octanol–water partition coefficient (Wildman–Crippen LogP) is 3.93. The lowest BCUT2D eigenvalue weighted by atomic mass is 10.1. The minimum Gasteiger partial charge on any atom is -0.324 e. The Labute approximate surface area is 244 Å². The third-order valence-corrected chi connectivity index (χ3v) is 7.10. The second-order valence-corrected chi connectivity index (χ2v) is 10.1. The maximum absolute atomic E-state index is 13.0. The van der Waals surface area contributed by atoms with Gasteiger partial charge in [-0.05, 0) is 53.1 Å². The number of nitrogens with one attached hydrogen (secondary N) is 2. The molecule has 2 aliphatic rings. The molecule has 2 atom stereocenters. The summed E-state index contributed by atoms with van der Waals surface area (Å²) in [5, 5.41) is 5.77. The number of benzene rings is 2. The summed E-state index contributed by atoms with van der Waals surface area (Å²) in [4.78, 5) is 57.1. The van der Waals surface area contributed by atoms with Gasteiger partial charge in [-0.2, -0.15) is 0 Å². The molecule has 42 heavy (non-hydrogen) atoms. The lowest BCUT2D eigenvalue weighted by Crippen LogP contribution is -2.44. The topological polar surface area (TPSA) is 112 Å². The van der Waals surface area contributed by atoms with E-state index in [9.17, 15) is 19.2 Å². The van der Waals surface area contributed by atoms with E-state index in [0.29, 0.717) is 24.5 Å². The van der Waals surface area contributed by atoms with Crippen molar-refractivity contribution in [2.45, 2.75) is 25.4 Å². The Morgan fingerprint density at radius 1 is 0.738 bits per heavy atom. The Kier molecular flexibility index (Phi) is 8.67. The first-order valence-electron chi connectivity index (χ1n) is 13.7. The number of rotatable bonds is 8. The molecule has 0 fully saturated rings. The Morgan fingerprint density at radius 3 is 1.71 bits per heavy atom. The van der Waals surface area contributed by atoms with E-state index < -0.39 is 12.1 Å². The Morgan fingerprint density at radius 2 is 1.21 bits per heavy atom. The fourth-order valence-electron chi connectivity index (χ4n) is 4.84. The zero-order valence-corrected chi connectivity index (χ0v) is 23.1. The molecule has 2 N–H and O–H groups in total. The summed E-state index contributed by atoms with van der Waals surface area (Å²) in [7, 11) is 0. The monoisotopic (exact) mass is 561 g/mol. The quantitative estimate of drug-likeness (QED) is 0.320. The van der Waals surface area contributed by atoms with E-state index in [2.05, 4.69) is 15.6 Å². The van der Waals surface area contributed by atoms with E-state index in [1.165, 1.54) is 11.8 Å². The SMILES string of the molecule is CC(=O)N1CC=C[C@H]1C(=O)Nc1ccc(/C=C/c2ccc(NC(=O)[C@@H]3C=CCN3C(=O)Cc3ccncc3)cc2)cc1. The molecule has 5 rings (SSSR count). The average Bonchev–Trinajstić information content (AvgIpc) is 3.69. The molecule has 0 radical (unpaired) electrons. The molecule has 2 aliphatic heterocycles. The van der Waals surface area contributed by atoms with Crippen LogP contribution in [0.3, 0.4) is 0 Å². The Bertz CT molecular complexity index is 1550. The molecule has 0 saturated heterocycles. The van der Waals surface area contributed by atoms with E-state index in [0.717, 1.165) is 16.7 Å². The molecule has 0 spiro atoms. The van der Waals surface area contributed by atoms with Crippen LogP contribution in [0.2, 0.25) is 0 Å². The maximum atomic E-state index is 13.0. The van der Waals surface area contributed by atoms with Gasteiger partial charge in [0.15, 0.2) is 0 Å². The third-order valence-electron chi connectivity index (χ3n) is 7.10. The molecule has 0 aliphatic carbocycles. The van der Waals surface area contributed by atoms with Crippen molar-refractivity contribution < 1.29 is 19.2 Å². The van der Waals surface area contributed by atoms with Crippen LogP contribution in [0.1, 0.15) is 23.6 Å². The number of hydrogen-bond donors (Lipinski definition) is 2. The van der Waals surface area contributed by atoms with E-state index in [1.807, 2.05) is 72.8 Å². The third kappa shape index (κ3) is 6.87. The summed E-state index contributed by atoms with van der Waals surface area (Å²) in [5.41, 5.74) is 4.03. The summed E-state index contributed by atoms with van der Waals surface area (Å²) < 4.78 is 0. The lowest BCUT2D eigenvalue weighted by molar-refractivity contribution is -0.135. The number of aromatic nitrogens is 1. The molecule has 3 aromatic rings. The first-order chi connectivity index (χ1) is 20.4. The van der Waals surface area contributed by atoms with Gasteiger partial charge in [0, 0.05) is 43.8 Å². The van der Waals surface area contributed by atoms with Gasteiger partial charge in [-0.15, -0.1) is 0 Å². The van der Waals surface area contributed by atoms with Gasteiger partial charge < -0.3 is 20.4 Å². The van der Waals surface area contributed by atoms with Crippen LogP contribution in [0.4, 0.5) is 11.4 Å². The highest BCUT2D eigenvalue weighted by Gasteiger charge is 2.30. The normalized spacial score (nSPS) is 17.5. The van der Waals surface area contributed by atoms with Crippen LogP contribution in [0, 0.1) is 0 Å². The molecular formula is C33H31N5O4. The lowest BCUT2D eigenvalue weighted by Gasteiger charge is -2.24. The van der Waals surface area contributed by atoms with Gasteiger partial charge in [-0.3, -0.25) is 24.2 Å². The van der Waals surface area contributed by atoms with Crippen molar-refractivity contribution in [2.24, 2.45) is 0 Å². The van der Waals surface area contributed by atoms with Crippen molar-refractivity contribution in [3.8, 4) is 0 Å². The Hall–Kier alpha value is -5.31. The van der Waals surface area contributed by atoms with Gasteiger partial charge in [0.05, 0.1) is 6.42 Å². The molecule has 4 amide bonds. The summed E-state index contributed by atoms with van der Waals surface area (Å²) in [6.07, 6.45) is 14.5. The zero-order chi connectivity index (χ0) is 29.5. The number of hydrogen-bond acceptors (Lipinski definition) is 5. The highest BCUT2D eigenvalue weighted by atomic mass is 16.2. The predicted molar refractivity (Wildman–Crippen MR) is 162 cm³/mol. The molecule has 9 nitrogen and oxygen atoms in total. The van der Waals surface area contributed by atoms with Crippen LogP contribution >= 0.6 is 0 Å². The minimum absolute atomic E-state index is 0.118. The summed E-state index contributed by atoms with van der Waals surface area (Å²) >= 11 is 0. The second kappa shape index (κ2) is 12.9. The van der Waals surface area contributed by atoms with Gasteiger partial charge in [-0.1, -0.05) is 60.7 Å². The highest BCUT2D eigenvalue weighted by molar-refractivity contribution is 6.00. The molecule has 3 heterocycles. The molecule has 2 aromatic carbocycles. The van der Waals surface area contributed by atoms with Crippen molar-refractivity contribution in [1.29, 1.82) is 0 Å². The first-order valence-corrected chi connectivity index (χ1v) is 13.7. The van der Waals surface area contributed by atoms with Crippen LogP contribution in [0.5, 0.6) is 0 Å². The molecule has 212 valence electrons. The second-order valence-electron chi connectivity index (χ2n) is 10.1. The van der Waals surface area contributed by atoms with Crippen LogP contribution in [-0.2, 0) is 25.6 Å². The molecule has 0 unspecified atom stereocenters. The molecule has 0 saturated carbocycles. The smallest absolute Gasteiger partial charge is 0.251 e. The van der Waals surface area contributed by atoms with Crippen LogP contribution in [-0.4, -0.2) is 63.6 Å². The number of carbonyl (C=O) groups excluding carboxylic acids is 4.